The summed E-state index contributed by atoms with van der Waals surface area (Å²) in [6.07, 6.45) is 4.12. The molecule has 2 rings (SSSR count). The van der Waals surface area contributed by atoms with Crippen molar-refractivity contribution in [2.45, 2.75) is 52.4 Å². The van der Waals surface area contributed by atoms with E-state index in [4.69, 9.17) is 0 Å². The van der Waals surface area contributed by atoms with Crippen LogP contribution in [-0.4, -0.2) is 6.26 Å². The Bertz CT molecular complexity index is 811. The van der Waals surface area contributed by atoms with Crippen LogP contribution in [0.15, 0.2) is 54.6 Å². The standard InChI is InChI=1S/C25H30S/c1-24(2,3)21-15-11-19(12-16-21)9-8-10-23(26-7)20-13-17-22(18-14-20)25(4,5)6/h10-18H,1-7H3. The molecule has 0 nitrogen and oxygen atoms in total. The molecule has 0 aliphatic rings. The predicted molar refractivity (Wildman–Crippen MR) is 119 cm³/mol. The Balaban J connectivity index is 2.19. The Kier molecular flexibility index (Phi) is 6.43. The van der Waals surface area contributed by atoms with Gasteiger partial charge in [0, 0.05) is 16.5 Å². The van der Waals surface area contributed by atoms with Crippen molar-refractivity contribution < 1.29 is 0 Å². The van der Waals surface area contributed by atoms with Gasteiger partial charge in [0.25, 0.3) is 0 Å². The molecule has 0 aliphatic heterocycles. The summed E-state index contributed by atoms with van der Waals surface area (Å²) in [5.74, 6) is 6.48. The van der Waals surface area contributed by atoms with Crippen LogP contribution in [0.3, 0.4) is 0 Å². The van der Waals surface area contributed by atoms with E-state index in [0.717, 1.165) is 5.56 Å². The molecule has 0 N–H and O–H groups in total. The number of thioether (sulfide) groups is 1. The van der Waals surface area contributed by atoms with Gasteiger partial charge in [-0.1, -0.05) is 89.8 Å². The average molecular weight is 363 g/mol. The summed E-state index contributed by atoms with van der Waals surface area (Å²) in [5, 5.41) is 0. The van der Waals surface area contributed by atoms with Crippen molar-refractivity contribution in [1.29, 1.82) is 0 Å². The first kappa shape index (κ1) is 20.4. The fraction of sp³-hybridized carbons (Fsp3) is 0.360. The Morgan fingerprint density at radius 1 is 0.769 bits per heavy atom. The lowest BCUT2D eigenvalue weighted by Gasteiger charge is -2.19. The third kappa shape index (κ3) is 5.55. The van der Waals surface area contributed by atoms with Gasteiger partial charge < -0.3 is 0 Å². The van der Waals surface area contributed by atoms with Crippen molar-refractivity contribution in [3.63, 3.8) is 0 Å². The number of allylic oxidation sites excluding steroid dienone is 1. The zero-order valence-electron chi connectivity index (χ0n) is 17.1. The summed E-state index contributed by atoms with van der Waals surface area (Å²) in [5.41, 5.74) is 5.33. The van der Waals surface area contributed by atoms with E-state index in [1.165, 1.54) is 21.6 Å². The number of hydrogen-bond donors (Lipinski definition) is 0. The minimum Gasteiger partial charge on any atom is -0.128 e. The normalized spacial score (nSPS) is 12.5. The fourth-order valence-electron chi connectivity index (χ4n) is 2.63. The number of benzene rings is 2. The summed E-state index contributed by atoms with van der Waals surface area (Å²) in [7, 11) is 0. The van der Waals surface area contributed by atoms with E-state index in [1.807, 2.05) is 6.08 Å². The molecule has 136 valence electrons. The van der Waals surface area contributed by atoms with Gasteiger partial charge in [0.15, 0.2) is 0 Å². The van der Waals surface area contributed by atoms with Crippen LogP contribution in [0.2, 0.25) is 0 Å². The van der Waals surface area contributed by atoms with Crippen LogP contribution in [0.25, 0.3) is 4.91 Å². The zero-order chi connectivity index (χ0) is 19.4. The van der Waals surface area contributed by atoms with Gasteiger partial charge in [-0.3, -0.25) is 0 Å². The van der Waals surface area contributed by atoms with Crippen molar-refractivity contribution in [1.82, 2.24) is 0 Å². The van der Waals surface area contributed by atoms with Crippen molar-refractivity contribution in [3.8, 4) is 11.8 Å². The summed E-state index contributed by atoms with van der Waals surface area (Å²) >= 11 is 1.74. The lowest BCUT2D eigenvalue weighted by molar-refractivity contribution is 0.590. The van der Waals surface area contributed by atoms with Crippen LogP contribution in [-0.2, 0) is 10.8 Å². The molecule has 2 aromatic rings. The van der Waals surface area contributed by atoms with Gasteiger partial charge in [-0.2, -0.15) is 0 Å². The van der Waals surface area contributed by atoms with E-state index >= 15 is 0 Å². The zero-order valence-corrected chi connectivity index (χ0v) is 17.9. The van der Waals surface area contributed by atoms with E-state index in [1.54, 1.807) is 11.8 Å². The topological polar surface area (TPSA) is 0 Å². The maximum Gasteiger partial charge on any atom is 0.0249 e. The maximum absolute atomic E-state index is 3.25. The van der Waals surface area contributed by atoms with Crippen LogP contribution >= 0.6 is 11.8 Å². The second-order valence-corrected chi connectivity index (χ2v) is 9.48. The molecule has 0 heterocycles. The van der Waals surface area contributed by atoms with Gasteiger partial charge in [0.1, 0.15) is 0 Å². The van der Waals surface area contributed by atoms with E-state index in [2.05, 4.69) is 108 Å². The highest BCUT2D eigenvalue weighted by Crippen LogP contribution is 2.28. The molecule has 0 aliphatic carbocycles. The van der Waals surface area contributed by atoms with Gasteiger partial charge in [0.05, 0.1) is 0 Å². The third-order valence-electron chi connectivity index (χ3n) is 4.43. The highest BCUT2D eigenvalue weighted by atomic mass is 32.2. The van der Waals surface area contributed by atoms with Crippen molar-refractivity contribution in [2.75, 3.05) is 6.26 Å². The summed E-state index contributed by atoms with van der Waals surface area (Å²) in [6, 6.07) is 17.4. The number of rotatable bonds is 2. The average Bonchev–Trinajstić information content (AvgIpc) is 2.58. The molecule has 0 radical (unpaired) electrons. The Morgan fingerprint density at radius 3 is 1.65 bits per heavy atom. The third-order valence-corrected chi connectivity index (χ3v) is 5.22. The van der Waals surface area contributed by atoms with E-state index < -0.39 is 0 Å². The fourth-order valence-corrected chi connectivity index (χ4v) is 3.18. The summed E-state index contributed by atoms with van der Waals surface area (Å²) in [4.78, 5) is 1.20. The summed E-state index contributed by atoms with van der Waals surface area (Å²) < 4.78 is 0. The minimum atomic E-state index is 0.178. The molecule has 0 saturated carbocycles. The lowest BCUT2D eigenvalue weighted by atomic mass is 9.86. The SMILES string of the molecule is CSC(=CC#Cc1ccc(C(C)(C)C)cc1)c1ccc(C(C)(C)C)cc1. The first-order valence-corrected chi connectivity index (χ1v) is 10.3. The minimum absolute atomic E-state index is 0.178. The molecule has 2 aromatic carbocycles. The van der Waals surface area contributed by atoms with Crippen LogP contribution < -0.4 is 0 Å². The molecule has 0 aromatic heterocycles. The smallest absolute Gasteiger partial charge is 0.0249 e. The van der Waals surface area contributed by atoms with Gasteiger partial charge in [-0.25, -0.2) is 0 Å². The van der Waals surface area contributed by atoms with E-state index in [9.17, 15) is 0 Å². The lowest BCUT2D eigenvalue weighted by Crippen LogP contribution is -2.10. The molecule has 0 bridgehead atoms. The van der Waals surface area contributed by atoms with E-state index in [-0.39, 0.29) is 10.8 Å². The molecule has 0 atom stereocenters. The largest absolute Gasteiger partial charge is 0.128 e. The quantitative estimate of drug-likeness (QED) is 0.516. The van der Waals surface area contributed by atoms with Crippen LogP contribution in [0.1, 0.15) is 63.8 Å². The molecule has 0 saturated heterocycles. The Morgan fingerprint density at radius 2 is 1.23 bits per heavy atom. The highest BCUT2D eigenvalue weighted by molar-refractivity contribution is 8.07. The molecule has 0 amide bonds. The van der Waals surface area contributed by atoms with Gasteiger partial charge in [-0.15, -0.1) is 11.8 Å². The molecule has 0 fully saturated rings. The maximum atomic E-state index is 3.25. The van der Waals surface area contributed by atoms with Crippen molar-refractivity contribution in [3.05, 3.63) is 76.9 Å². The van der Waals surface area contributed by atoms with Crippen LogP contribution in [0.5, 0.6) is 0 Å². The predicted octanol–water partition coefficient (Wildman–Crippen LogP) is 7.04. The summed E-state index contributed by atoms with van der Waals surface area (Å²) in [6.45, 7) is 13.4. The molecule has 0 unspecified atom stereocenters. The number of hydrogen-bond acceptors (Lipinski definition) is 1. The molecule has 0 spiro atoms. The van der Waals surface area contributed by atoms with Gasteiger partial charge in [-0.05, 0) is 45.9 Å². The highest BCUT2D eigenvalue weighted by Gasteiger charge is 2.13. The van der Waals surface area contributed by atoms with Gasteiger partial charge in [0.2, 0.25) is 0 Å². The first-order chi connectivity index (χ1) is 12.1. The van der Waals surface area contributed by atoms with Gasteiger partial charge >= 0.3 is 0 Å². The second kappa shape index (κ2) is 8.19. The van der Waals surface area contributed by atoms with Crippen LogP contribution in [0.4, 0.5) is 0 Å². The Hall–Kier alpha value is -1.91. The first-order valence-electron chi connectivity index (χ1n) is 9.08. The van der Waals surface area contributed by atoms with Crippen molar-refractivity contribution in [2.24, 2.45) is 0 Å². The monoisotopic (exact) mass is 362 g/mol. The molecule has 26 heavy (non-hydrogen) atoms. The molecular formula is C25H30S. The molecular weight excluding hydrogens is 332 g/mol. The second-order valence-electron chi connectivity index (χ2n) is 8.64. The van der Waals surface area contributed by atoms with Crippen molar-refractivity contribution >= 4 is 16.7 Å². The Labute approximate surface area is 164 Å². The van der Waals surface area contributed by atoms with E-state index in [0.29, 0.717) is 0 Å². The van der Waals surface area contributed by atoms with Crippen LogP contribution in [0, 0.1) is 11.8 Å². The molecule has 1 heteroatoms.